The van der Waals surface area contributed by atoms with Crippen LogP contribution in [-0.2, 0) is 4.74 Å². The molecule has 1 aromatic carbocycles. The van der Waals surface area contributed by atoms with Gasteiger partial charge in [0.1, 0.15) is 5.75 Å². The number of ether oxygens (including phenoxy) is 2. The third-order valence-electron chi connectivity index (χ3n) is 1.90. The summed E-state index contributed by atoms with van der Waals surface area (Å²) in [6.07, 6.45) is 0. The highest BCUT2D eigenvalue weighted by molar-refractivity contribution is 5.29. The average molecular weight is 195 g/mol. The fourth-order valence-electron chi connectivity index (χ4n) is 1.08. The zero-order valence-corrected chi connectivity index (χ0v) is 8.69. The summed E-state index contributed by atoms with van der Waals surface area (Å²) in [6.45, 7) is 4.83. The number of hydrogen-bond acceptors (Lipinski definition) is 3. The normalized spacial score (nSPS) is 12.5. The SMILES string of the molecule is CCOCOc1cccc([C@@H](C)N)c1. The zero-order chi connectivity index (χ0) is 10.4. The molecule has 0 aliphatic rings. The van der Waals surface area contributed by atoms with E-state index in [1.54, 1.807) is 0 Å². The lowest BCUT2D eigenvalue weighted by atomic mass is 10.1. The third kappa shape index (κ3) is 3.36. The van der Waals surface area contributed by atoms with Crippen LogP contribution in [0.2, 0.25) is 0 Å². The average Bonchev–Trinajstić information content (AvgIpc) is 2.19. The van der Waals surface area contributed by atoms with Gasteiger partial charge >= 0.3 is 0 Å². The summed E-state index contributed by atoms with van der Waals surface area (Å²) < 4.78 is 10.4. The van der Waals surface area contributed by atoms with Crippen LogP contribution in [0.3, 0.4) is 0 Å². The topological polar surface area (TPSA) is 44.5 Å². The van der Waals surface area contributed by atoms with Crippen LogP contribution in [0.4, 0.5) is 0 Å². The Balaban J connectivity index is 2.55. The van der Waals surface area contributed by atoms with E-state index < -0.39 is 0 Å². The molecule has 0 radical (unpaired) electrons. The molecular formula is C11H17NO2. The summed E-state index contributed by atoms with van der Waals surface area (Å²) in [7, 11) is 0. The van der Waals surface area contributed by atoms with Crippen molar-refractivity contribution in [1.82, 2.24) is 0 Å². The van der Waals surface area contributed by atoms with Gasteiger partial charge in [0.15, 0.2) is 6.79 Å². The van der Waals surface area contributed by atoms with Gasteiger partial charge in [0.25, 0.3) is 0 Å². The first-order chi connectivity index (χ1) is 6.74. The molecule has 0 bridgehead atoms. The maximum absolute atomic E-state index is 5.75. The smallest absolute Gasteiger partial charge is 0.189 e. The van der Waals surface area contributed by atoms with Gasteiger partial charge in [0, 0.05) is 12.6 Å². The van der Waals surface area contributed by atoms with Crippen LogP contribution in [0.5, 0.6) is 5.75 Å². The van der Waals surface area contributed by atoms with Crippen LogP contribution in [0.15, 0.2) is 24.3 Å². The molecule has 0 amide bonds. The monoisotopic (exact) mass is 195 g/mol. The predicted molar refractivity (Wildman–Crippen MR) is 56.2 cm³/mol. The van der Waals surface area contributed by atoms with E-state index in [1.807, 2.05) is 38.1 Å². The Hall–Kier alpha value is -1.06. The first-order valence-electron chi connectivity index (χ1n) is 4.80. The lowest BCUT2D eigenvalue weighted by molar-refractivity contribution is 0.0223. The summed E-state index contributed by atoms with van der Waals surface area (Å²) >= 11 is 0. The van der Waals surface area contributed by atoms with Gasteiger partial charge in [-0.3, -0.25) is 0 Å². The van der Waals surface area contributed by atoms with Gasteiger partial charge in [-0.25, -0.2) is 0 Å². The fourth-order valence-corrected chi connectivity index (χ4v) is 1.08. The molecule has 2 N–H and O–H groups in total. The minimum absolute atomic E-state index is 0.0330. The summed E-state index contributed by atoms with van der Waals surface area (Å²) in [6, 6.07) is 7.78. The van der Waals surface area contributed by atoms with Crippen molar-refractivity contribution in [3.63, 3.8) is 0 Å². The lowest BCUT2D eigenvalue weighted by Gasteiger charge is -2.09. The largest absolute Gasteiger partial charge is 0.468 e. The Morgan fingerprint density at radius 3 is 2.86 bits per heavy atom. The Morgan fingerprint density at radius 1 is 1.43 bits per heavy atom. The first-order valence-corrected chi connectivity index (χ1v) is 4.80. The molecule has 3 heteroatoms. The third-order valence-corrected chi connectivity index (χ3v) is 1.90. The quantitative estimate of drug-likeness (QED) is 0.578. The number of benzene rings is 1. The van der Waals surface area contributed by atoms with E-state index in [1.165, 1.54) is 0 Å². The summed E-state index contributed by atoms with van der Waals surface area (Å²) in [5, 5.41) is 0. The molecule has 0 spiro atoms. The maximum atomic E-state index is 5.75. The molecule has 0 unspecified atom stereocenters. The van der Waals surface area contributed by atoms with E-state index in [0.29, 0.717) is 13.4 Å². The molecule has 1 aromatic rings. The van der Waals surface area contributed by atoms with Crippen molar-refractivity contribution >= 4 is 0 Å². The van der Waals surface area contributed by atoms with E-state index in [2.05, 4.69) is 0 Å². The standard InChI is InChI=1S/C11H17NO2/c1-3-13-8-14-11-6-4-5-10(7-11)9(2)12/h4-7,9H,3,8,12H2,1-2H3/t9-/m1/s1. The Morgan fingerprint density at radius 2 is 2.21 bits per heavy atom. The number of hydrogen-bond donors (Lipinski definition) is 1. The van der Waals surface area contributed by atoms with Gasteiger partial charge < -0.3 is 15.2 Å². The van der Waals surface area contributed by atoms with Crippen LogP contribution >= 0.6 is 0 Å². The van der Waals surface area contributed by atoms with Gasteiger partial charge in [0.05, 0.1) is 0 Å². The molecule has 1 rings (SSSR count). The molecule has 0 aromatic heterocycles. The zero-order valence-electron chi connectivity index (χ0n) is 8.69. The van der Waals surface area contributed by atoms with E-state index in [4.69, 9.17) is 15.2 Å². The second kappa shape index (κ2) is 5.62. The van der Waals surface area contributed by atoms with Crippen molar-refractivity contribution in [3.8, 4) is 5.75 Å². The van der Waals surface area contributed by atoms with Crippen molar-refractivity contribution in [2.24, 2.45) is 5.73 Å². The van der Waals surface area contributed by atoms with E-state index in [9.17, 15) is 0 Å². The predicted octanol–water partition coefficient (Wildman–Crippen LogP) is 2.08. The van der Waals surface area contributed by atoms with E-state index in [-0.39, 0.29) is 6.04 Å². The van der Waals surface area contributed by atoms with Gasteiger partial charge in [-0.2, -0.15) is 0 Å². The van der Waals surface area contributed by atoms with Gasteiger partial charge in [0.2, 0.25) is 0 Å². The molecule has 0 fully saturated rings. The minimum atomic E-state index is 0.0330. The van der Waals surface area contributed by atoms with Gasteiger partial charge in [-0.15, -0.1) is 0 Å². The first kappa shape index (κ1) is 11.0. The highest BCUT2D eigenvalue weighted by Crippen LogP contribution is 2.17. The Labute approximate surface area is 84.8 Å². The summed E-state index contributed by atoms with van der Waals surface area (Å²) in [4.78, 5) is 0. The van der Waals surface area contributed by atoms with Crippen LogP contribution in [0.25, 0.3) is 0 Å². The number of nitrogens with two attached hydrogens (primary N) is 1. The van der Waals surface area contributed by atoms with Crippen molar-refractivity contribution in [2.75, 3.05) is 13.4 Å². The Bertz CT molecular complexity index is 274. The second-order valence-electron chi connectivity index (χ2n) is 3.12. The van der Waals surface area contributed by atoms with Gasteiger partial charge in [-0.1, -0.05) is 12.1 Å². The molecule has 3 nitrogen and oxygen atoms in total. The van der Waals surface area contributed by atoms with Crippen molar-refractivity contribution in [1.29, 1.82) is 0 Å². The molecule has 0 saturated carbocycles. The maximum Gasteiger partial charge on any atom is 0.189 e. The summed E-state index contributed by atoms with van der Waals surface area (Å²) in [5.41, 5.74) is 6.82. The fraction of sp³-hybridized carbons (Fsp3) is 0.455. The molecule has 14 heavy (non-hydrogen) atoms. The van der Waals surface area contributed by atoms with Crippen LogP contribution in [0.1, 0.15) is 25.5 Å². The van der Waals surface area contributed by atoms with Crippen LogP contribution in [0, 0.1) is 0 Å². The van der Waals surface area contributed by atoms with E-state index in [0.717, 1.165) is 11.3 Å². The lowest BCUT2D eigenvalue weighted by Crippen LogP contribution is -2.06. The molecule has 0 saturated heterocycles. The van der Waals surface area contributed by atoms with Gasteiger partial charge in [-0.05, 0) is 31.5 Å². The molecule has 0 heterocycles. The summed E-state index contributed by atoms with van der Waals surface area (Å²) in [5.74, 6) is 0.799. The highest BCUT2D eigenvalue weighted by Gasteiger charge is 2.00. The molecule has 1 atom stereocenters. The van der Waals surface area contributed by atoms with E-state index >= 15 is 0 Å². The molecule has 78 valence electrons. The van der Waals surface area contributed by atoms with Crippen LogP contribution < -0.4 is 10.5 Å². The molecular weight excluding hydrogens is 178 g/mol. The van der Waals surface area contributed by atoms with Crippen LogP contribution in [-0.4, -0.2) is 13.4 Å². The number of rotatable bonds is 5. The van der Waals surface area contributed by atoms with Crippen molar-refractivity contribution < 1.29 is 9.47 Å². The highest BCUT2D eigenvalue weighted by atomic mass is 16.7. The Kier molecular flexibility index (Phi) is 4.43. The van der Waals surface area contributed by atoms with Crippen molar-refractivity contribution in [3.05, 3.63) is 29.8 Å². The van der Waals surface area contributed by atoms with Crippen molar-refractivity contribution in [2.45, 2.75) is 19.9 Å². The second-order valence-corrected chi connectivity index (χ2v) is 3.12. The molecule has 0 aliphatic heterocycles. The minimum Gasteiger partial charge on any atom is -0.468 e. The molecule has 0 aliphatic carbocycles.